The number of nitrogens with zero attached hydrogens (tertiary/aromatic N) is 4. The van der Waals surface area contributed by atoms with Gasteiger partial charge in [-0.2, -0.15) is 19.6 Å². The van der Waals surface area contributed by atoms with Crippen LogP contribution in [0, 0.1) is 0 Å². The van der Waals surface area contributed by atoms with Crippen LogP contribution in [0.1, 0.15) is 76.0 Å². The molecule has 3 aromatic rings. The molecule has 2 heterocycles. The standard InChI is InChI=1S/C22H30N6/c1-15(2)19-14-23-28-20(19)26-21(25-18-12-8-5-9-13-18)27-22(28)24-16(3)17-10-6-4-7-11-17/h4,6-7,10-11,14-16,18H,5,8-9,12-13H2,1-3H3,(H2,24,25,26,27)/t16-/m0/s1. The lowest BCUT2D eigenvalue weighted by molar-refractivity contribution is 0.461. The van der Waals surface area contributed by atoms with Gasteiger partial charge in [0.25, 0.3) is 0 Å². The van der Waals surface area contributed by atoms with Crippen LogP contribution in [-0.4, -0.2) is 25.6 Å². The lowest BCUT2D eigenvalue weighted by Gasteiger charge is -2.23. The summed E-state index contributed by atoms with van der Waals surface area (Å²) in [5.74, 6) is 1.78. The minimum Gasteiger partial charge on any atom is -0.351 e. The van der Waals surface area contributed by atoms with Crippen molar-refractivity contribution in [3.05, 3.63) is 47.7 Å². The molecule has 148 valence electrons. The molecule has 1 saturated carbocycles. The van der Waals surface area contributed by atoms with E-state index in [0.717, 1.165) is 17.2 Å². The van der Waals surface area contributed by atoms with Gasteiger partial charge in [0.1, 0.15) is 0 Å². The Hall–Kier alpha value is -2.63. The average Bonchev–Trinajstić information content (AvgIpc) is 3.14. The largest absolute Gasteiger partial charge is 0.351 e. The van der Waals surface area contributed by atoms with Crippen molar-refractivity contribution in [2.45, 2.75) is 70.9 Å². The van der Waals surface area contributed by atoms with Crippen molar-refractivity contribution in [2.75, 3.05) is 10.6 Å². The summed E-state index contributed by atoms with van der Waals surface area (Å²) in [5.41, 5.74) is 3.24. The van der Waals surface area contributed by atoms with Crippen LogP contribution in [0.5, 0.6) is 0 Å². The zero-order valence-electron chi connectivity index (χ0n) is 17.0. The average molecular weight is 379 g/mol. The Labute approximate surface area is 166 Å². The number of fused-ring (bicyclic) bond motifs is 1. The van der Waals surface area contributed by atoms with Gasteiger partial charge in [0.2, 0.25) is 11.9 Å². The first-order valence-electron chi connectivity index (χ1n) is 10.5. The van der Waals surface area contributed by atoms with Crippen LogP contribution in [0.4, 0.5) is 11.9 Å². The first kappa shape index (κ1) is 18.7. The molecule has 1 aromatic carbocycles. The fourth-order valence-corrected chi connectivity index (χ4v) is 3.91. The molecule has 2 N–H and O–H groups in total. The van der Waals surface area contributed by atoms with Crippen molar-refractivity contribution in [1.82, 2.24) is 19.6 Å². The molecule has 0 aliphatic heterocycles. The number of hydrogen-bond donors (Lipinski definition) is 2. The lowest BCUT2D eigenvalue weighted by Crippen LogP contribution is -2.24. The Morgan fingerprint density at radius 2 is 1.75 bits per heavy atom. The van der Waals surface area contributed by atoms with Crippen LogP contribution in [0.25, 0.3) is 5.65 Å². The van der Waals surface area contributed by atoms with E-state index < -0.39 is 0 Å². The van der Waals surface area contributed by atoms with Gasteiger partial charge in [0.05, 0.1) is 12.2 Å². The third-order valence-electron chi connectivity index (χ3n) is 5.60. The SMILES string of the molecule is CC(C)c1cnn2c(N[C@@H](C)c3ccccc3)nc(NC3CCCCC3)nc12. The van der Waals surface area contributed by atoms with Crippen LogP contribution < -0.4 is 10.6 Å². The van der Waals surface area contributed by atoms with E-state index in [9.17, 15) is 0 Å². The summed E-state index contributed by atoms with van der Waals surface area (Å²) in [6.07, 6.45) is 8.18. The monoisotopic (exact) mass is 378 g/mol. The van der Waals surface area contributed by atoms with Gasteiger partial charge in [-0.1, -0.05) is 63.4 Å². The Morgan fingerprint density at radius 1 is 1.00 bits per heavy atom. The van der Waals surface area contributed by atoms with Crippen molar-refractivity contribution in [2.24, 2.45) is 0 Å². The van der Waals surface area contributed by atoms with E-state index in [1.807, 2.05) is 16.8 Å². The number of rotatable bonds is 6. The molecule has 4 rings (SSSR count). The molecule has 1 atom stereocenters. The summed E-state index contributed by atoms with van der Waals surface area (Å²) in [6.45, 7) is 6.49. The van der Waals surface area contributed by atoms with Crippen LogP contribution >= 0.6 is 0 Å². The third-order valence-corrected chi connectivity index (χ3v) is 5.60. The molecular weight excluding hydrogens is 348 g/mol. The van der Waals surface area contributed by atoms with Crippen LogP contribution in [0.3, 0.4) is 0 Å². The molecule has 1 aliphatic rings. The Bertz CT molecular complexity index is 911. The van der Waals surface area contributed by atoms with Gasteiger partial charge >= 0.3 is 0 Å². The van der Waals surface area contributed by atoms with Crippen molar-refractivity contribution in [3.8, 4) is 0 Å². The van der Waals surface area contributed by atoms with E-state index in [1.165, 1.54) is 37.7 Å². The molecule has 0 unspecified atom stereocenters. The first-order valence-corrected chi connectivity index (χ1v) is 10.5. The number of aromatic nitrogens is 4. The van der Waals surface area contributed by atoms with E-state index in [-0.39, 0.29) is 6.04 Å². The first-order chi connectivity index (χ1) is 13.6. The normalized spacial score (nSPS) is 16.4. The van der Waals surface area contributed by atoms with Crippen LogP contribution in [0.2, 0.25) is 0 Å². The molecular formula is C22H30N6. The molecule has 1 aliphatic carbocycles. The highest BCUT2D eigenvalue weighted by molar-refractivity contribution is 5.56. The summed E-state index contributed by atoms with van der Waals surface area (Å²) in [4.78, 5) is 9.63. The number of nitrogens with one attached hydrogen (secondary N) is 2. The number of anilines is 2. The Morgan fingerprint density at radius 3 is 2.46 bits per heavy atom. The highest BCUT2D eigenvalue weighted by atomic mass is 15.4. The summed E-state index contributed by atoms with van der Waals surface area (Å²) < 4.78 is 1.83. The minimum atomic E-state index is 0.119. The lowest BCUT2D eigenvalue weighted by atomic mass is 9.96. The van der Waals surface area contributed by atoms with E-state index in [2.05, 4.69) is 60.8 Å². The zero-order chi connectivity index (χ0) is 19.5. The molecule has 6 nitrogen and oxygen atoms in total. The number of benzene rings is 1. The molecule has 0 radical (unpaired) electrons. The molecule has 0 spiro atoms. The molecule has 0 amide bonds. The van der Waals surface area contributed by atoms with Crippen molar-refractivity contribution >= 4 is 17.5 Å². The molecule has 2 aromatic heterocycles. The molecule has 6 heteroatoms. The highest BCUT2D eigenvalue weighted by Crippen LogP contribution is 2.26. The van der Waals surface area contributed by atoms with Gasteiger partial charge in [-0.3, -0.25) is 0 Å². The van der Waals surface area contributed by atoms with E-state index in [0.29, 0.717) is 17.9 Å². The molecule has 1 fully saturated rings. The maximum atomic E-state index is 4.83. The number of hydrogen-bond acceptors (Lipinski definition) is 5. The second-order valence-electron chi connectivity index (χ2n) is 8.12. The van der Waals surface area contributed by atoms with Gasteiger partial charge in [-0.05, 0) is 31.2 Å². The smallest absolute Gasteiger partial charge is 0.229 e. The summed E-state index contributed by atoms with van der Waals surface area (Å²) in [7, 11) is 0. The van der Waals surface area contributed by atoms with Gasteiger partial charge in [0, 0.05) is 11.6 Å². The topological polar surface area (TPSA) is 67.1 Å². The van der Waals surface area contributed by atoms with Gasteiger partial charge in [0.15, 0.2) is 5.65 Å². The minimum absolute atomic E-state index is 0.119. The van der Waals surface area contributed by atoms with E-state index >= 15 is 0 Å². The van der Waals surface area contributed by atoms with Crippen molar-refractivity contribution in [1.29, 1.82) is 0 Å². The fraction of sp³-hybridized carbons (Fsp3) is 0.500. The quantitative estimate of drug-likeness (QED) is 0.620. The molecule has 28 heavy (non-hydrogen) atoms. The van der Waals surface area contributed by atoms with Crippen LogP contribution in [0.15, 0.2) is 36.5 Å². The Kier molecular flexibility index (Phi) is 5.46. The zero-order valence-corrected chi connectivity index (χ0v) is 17.0. The summed E-state index contributed by atoms with van der Waals surface area (Å²) >= 11 is 0. The van der Waals surface area contributed by atoms with Crippen molar-refractivity contribution < 1.29 is 0 Å². The maximum absolute atomic E-state index is 4.83. The van der Waals surface area contributed by atoms with Gasteiger partial charge in [-0.15, -0.1) is 0 Å². The second kappa shape index (κ2) is 8.17. The van der Waals surface area contributed by atoms with E-state index in [4.69, 9.17) is 9.97 Å². The van der Waals surface area contributed by atoms with E-state index in [1.54, 1.807) is 0 Å². The predicted octanol–water partition coefficient (Wildman–Crippen LogP) is 5.17. The summed E-state index contributed by atoms with van der Waals surface area (Å²) in [5, 5.41) is 11.7. The Balaban J connectivity index is 1.68. The van der Waals surface area contributed by atoms with Gasteiger partial charge < -0.3 is 10.6 Å². The van der Waals surface area contributed by atoms with Crippen molar-refractivity contribution in [3.63, 3.8) is 0 Å². The van der Waals surface area contributed by atoms with Crippen LogP contribution in [-0.2, 0) is 0 Å². The molecule has 0 saturated heterocycles. The maximum Gasteiger partial charge on any atom is 0.229 e. The highest BCUT2D eigenvalue weighted by Gasteiger charge is 2.19. The fourth-order valence-electron chi connectivity index (χ4n) is 3.91. The third kappa shape index (κ3) is 3.96. The predicted molar refractivity (Wildman–Crippen MR) is 114 cm³/mol. The summed E-state index contributed by atoms with van der Waals surface area (Å²) in [6, 6.07) is 11.0. The second-order valence-corrected chi connectivity index (χ2v) is 8.12. The van der Waals surface area contributed by atoms with Gasteiger partial charge in [-0.25, -0.2) is 0 Å². The molecule has 0 bridgehead atoms.